The monoisotopic (exact) mass is 252 g/mol. The van der Waals surface area contributed by atoms with Crippen LogP contribution in [0.2, 0.25) is 0 Å². The lowest BCUT2D eigenvalue weighted by Gasteiger charge is -2.41. The van der Waals surface area contributed by atoms with E-state index in [0.717, 1.165) is 5.56 Å². The highest BCUT2D eigenvalue weighted by Crippen LogP contribution is 2.46. The van der Waals surface area contributed by atoms with Gasteiger partial charge in [0.15, 0.2) is 0 Å². The van der Waals surface area contributed by atoms with Crippen LogP contribution < -0.4 is 4.74 Å². The van der Waals surface area contributed by atoms with Crippen molar-refractivity contribution in [2.45, 2.75) is 32.3 Å². The van der Waals surface area contributed by atoms with E-state index in [1.807, 2.05) is 13.8 Å². The lowest BCUT2D eigenvalue weighted by atomic mass is 9.67. The molecule has 4 heteroatoms. The van der Waals surface area contributed by atoms with Crippen molar-refractivity contribution >= 4 is 5.97 Å². The highest BCUT2D eigenvalue weighted by molar-refractivity contribution is 5.72. The van der Waals surface area contributed by atoms with Gasteiger partial charge in [-0.25, -0.2) is 0 Å². The fourth-order valence-corrected chi connectivity index (χ4v) is 2.08. The summed E-state index contributed by atoms with van der Waals surface area (Å²) < 4.78 is 5.07. The molecule has 0 spiro atoms. The third-order valence-corrected chi connectivity index (χ3v) is 3.12. The van der Waals surface area contributed by atoms with Gasteiger partial charge in [-0.05, 0) is 30.5 Å². The molecular weight excluding hydrogens is 232 g/mol. The van der Waals surface area contributed by atoms with Crippen molar-refractivity contribution in [3.63, 3.8) is 0 Å². The zero-order valence-corrected chi connectivity index (χ0v) is 11.0. The molecule has 1 aromatic carbocycles. The van der Waals surface area contributed by atoms with Crippen LogP contribution in [0.3, 0.4) is 0 Å². The Bertz CT molecular complexity index is 408. The first-order valence-electron chi connectivity index (χ1n) is 6.15. The van der Waals surface area contributed by atoms with Crippen molar-refractivity contribution in [3.05, 3.63) is 29.8 Å². The Labute approximate surface area is 107 Å². The first kappa shape index (κ1) is 14.5. The fourth-order valence-electron chi connectivity index (χ4n) is 2.08. The van der Waals surface area contributed by atoms with E-state index in [0.29, 0.717) is 5.75 Å². The molecule has 2 N–H and O–H groups in total. The van der Waals surface area contributed by atoms with Gasteiger partial charge in [0.1, 0.15) is 5.75 Å². The number of aliphatic carboxylic acids is 1. The van der Waals surface area contributed by atoms with Crippen LogP contribution in [0, 0.1) is 5.92 Å². The molecule has 100 valence electrons. The third-order valence-electron chi connectivity index (χ3n) is 3.12. The zero-order valence-electron chi connectivity index (χ0n) is 11.0. The molecule has 4 nitrogen and oxygen atoms in total. The molecule has 0 aromatic heterocycles. The summed E-state index contributed by atoms with van der Waals surface area (Å²) in [6.45, 7) is 4.00. The molecule has 2 rings (SSSR count). The topological polar surface area (TPSA) is 66.8 Å². The number of aliphatic hydroxyl groups is 1. The summed E-state index contributed by atoms with van der Waals surface area (Å²) in [5.74, 6) is -0.603. The van der Waals surface area contributed by atoms with E-state index >= 15 is 0 Å². The number of carboxylic acid groups (broad SMARTS) is 1. The fraction of sp³-hybridized carbons (Fsp3) is 0.500. The Morgan fingerprint density at radius 2 is 2.00 bits per heavy atom. The molecule has 0 saturated heterocycles. The lowest BCUT2D eigenvalue weighted by Crippen LogP contribution is -2.44. The Morgan fingerprint density at radius 3 is 2.50 bits per heavy atom. The number of carbonyl (C=O) groups is 1. The molecule has 18 heavy (non-hydrogen) atoms. The summed E-state index contributed by atoms with van der Waals surface area (Å²) in [6.07, 6.45) is 0.547. The van der Waals surface area contributed by atoms with Gasteiger partial charge in [0, 0.05) is 0 Å². The number of carboxylic acids is 1. The first-order chi connectivity index (χ1) is 8.55. The minimum atomic E-state index is -1.00. The van der Waals surface area contributed by atoms with Gasteiger partial charge >= 0.3 is 5.97 Å². The molecule has 0 unspecified atom stereocenters. The summed E-state index contributed by atoms with van der Waals surface area (Å²) in [6, 6.07) is 7.12. The summed E-state index contributed by atoms with van der Waals surface area (Å²) >= 11 is 0. The molecule has 0 radical (unpaired) electrons. The molecule has 1 aromatic rings. The number of benzene rings is 1. The van der Waals surface area contributed by atoms with Gasteiger partial charge in [-0.15, -0.1) is 0 Å². The standard InChI is InChI=1S/C12H14O4.C2H6/c1-16-10-4-2-3-9(5-10)12(15)6-8(7-12)11(13)14;1-2/h2-5,8,15H,6-7H2,1H3,(H,13,14);1-2H3. The van der Waals surface area contributed by atoms with Gasteiger partial charge in [-0.2, -0.15) is 0 Å². The van der Waals surface area contributed by atoms with Crippen LogP contribution in [0.1, 0.15) is 32.3 Å². The molecule has 1 saturated carbocycles. The summed E-state index contributed by atoms with van der Waals surface area (Å²) in [5, 5.41) is 19.0. The number of ether oxygens (including phenoxy) is 1. The van der Waals surface area contributed by atoms with Gasteiger partial charge in [-0.3, -0.25) is 4.79 Å². The van der Waals surface area contributed by atoms with Crippen LogP contribution in [0.25, 0.3) is 0 Å². The maximum atomic E-state index is 10.7. The van der Waals surface area contributed by atoms with Gasteiger partial charge in [0.2, 0.25) is 0 Å². The average Bonchev–Trinajstić information content (AvgIpc) is 2.37. The van der Waals surface area contributed by atoms with Crippen molar-refractivity contribution in [2.24, 2.45) is 5.92 Å². The van der Waals surface area contributed by atoms with Crippen LogP contribution in [-0.4, -0.2) is 23.3 Å². The molecule has 1 aliphatic carbocycles. The van der Waals surface area contributed by atoms with Crippen LogP contribution in [-0.2, 0) is 10.4 Å². The number of hydrogen-bond donors (Lipinski definition) is 2. The molecular formula is C14H20O4. The summed E-state index contributed by atoms with van der Waals surface area (Å²) in [5.41, 5.74) is -0.276. The molecule has 0 atom stereocenters. The Balaban J connectivity index is 0.000000771. The molecule has 0 heterocycles. The molecule has 0 bridgehead atoms. The van der Waals surface area contributed by atoms with Crippen molar-refractivity contribution in [3.8, 4) is 5.75 Å². The maximum absolute atomic E-state index is 10.7. The van der Waals surface area contributed by atoms with Gasteiger partial charge in [0.05, 0.1) is 18.6 Å². The summed E-state index contributed by atoms with van der Waals surface area (Å²) in [7, 11) is 1.56. The number of hydrogen-bond acceptors (Lipinski definition) is 3. The van der Waals surface area contributed by atoms with Crippen LogP contribution in [0.15, 0.2) is 24.3 Å². The van der Waals surface area contributed by atoms with E-state index in [2.05, 4.69) is 0 Å². The van der Waals surface area contributed by atoms with Crippen LogP contribution in [0.4, 0.5) is 0 Å². The van der Waals surface area contributed by atoms with E-state index in [9.17, 15) is 9.90 Å². The van der Waals surface area contributed by atoms with Gasteiger partial charge < -0.3 is 14.9 Å². The van der Waals surface area contributed by atoms with E-state index in [1.165, 1.54) is 0 Å². The second-order valence-corrected chi connectivity index (χ2v) is 4.21. The highest BCUT2D eigenvalue weighted by Gasteiger charge is 2.47. The number of methoxy groups -OCH3 is 1. The highest BCUT2D eigenvalue weighted by atomic mass is 16.5. The SMILES string of the molecule is CC.COc1cccc(C2(O)CC(C(=O)O)C2)c1. The van der Waals surface area contributed by atoms with Gasteiger partial charge in [-0.1, -0.05) is 26.0 Å². The second-order valence-electron chi connectivity index (χ2n) is 4.21. The first-order valence-corrected chi connectivity index (χ1v) is 6.15. The van der Waals surface area contributed by atoms with Crippen molar-refractivity contribution in [1.29, 1.82) is 0 Å². The second kappa shape index (κ2) is 5.87. The minimum Gasteiger partial charge on any atom is -0.497 e. The molecule has 1 aliphatic rings. The Morgan fingerprint density at radius 1 is 1.39 bits per heavy atom. The lowest BCUT2D eigenvalue weighted by molar-refractivity contribution is -0.159. The quantitative estimate of drug-likeness (QED) is 0.867. The largest absolute Gasteiger partial charge is 0.497 e. The van der Waals surface area contributed by atoms with E-state index in [-0.39, 0.29) is 12.8 Å². The molecule has 1 fully saturated rings. The minimum absolute atomic E-state index is 0.273. The smallest absolute Gasteiger partial charge is 0.306 e. The normalized spacial score (nSPS) is 25.4. The zero-order chi connectivity index (χ0) is 13.8. The Kier molecular flexibility index (Phi) is 4.73. The van der Waals surface area contributed by atoms with Crippen molar-refractivity contribution in [1.82, 2.24) is 0 Å². The van der Waals surface area contributed by atoms with Crippen LogP contribution >= 0.6 is 0 Å². The van der Waals surface area contributed by atoms with E-state index in [1.54, 1.807) is 31.4 Å². The predicted octanol–water partition coefficient (Wildman–Crippen LogP) is 2.40. The molecule has 0 aliphatic heterocycles. The van der Waals surface area contributed by atoms with E-state index < -0.39 is 17.5 Å². The number of rotatable bonds is 3. The van der Waals surface area contributed by atoms with Gasteiger partial charge in [0.25, 0.3) is 0 Å². The summed E-state index contributed by atoms with van der Waals surface area (Å²) in [4.78, 5) is 10.7. The Hall–Kier alpha value is -1.55. The van der Waals surface area contributed by atoms with Crippen molar-refractivity contribution in [2.75, 3.05) is 7.11 Å². The average molecular weight is 252 g/mol. The maximum Gasteiger partial charge on any atom is 0.306 e. The van der Waals surface area contributed by atoms with Crippen LogP contribution in [0.5, 0.6) is 5.75 Å². The predicted molar refractivity (Wildman–Crippen MR) is 68.6 cm³/mol. The van der Waals surface area contributed by atoms with Crippen molar-refractivity contribution < 1.29 is 19.7 Å². The van der Waals surface area contributed by atoms with E-state index in [4.69, 9.17) is 9.84 Å². The molecule has 0 amide bonds. The third kappa shape index (κ3) is 2.82.